The largest absolute Gasteiger partial charge is 0.449 e. The maximum atomic E-state index is 12.2. The molecule has 0 bridgehead atoms. The number of benzene rings is 3. The van der Waals surface area contributed by atoms with Crippen LogP contribution in [0.2, 0.25) is 0 Å². The van der Waals surface area contributed by atoms with Crippen LogP contribution >= 0.6 is 0 Å². The van der Waals surface area contributed by atoms with Gasteiger partial charge < -0.3 is 0 Å². The summed E-state index contributed by atoms with van der Waals surface area (Å²) in [6, 6.07) is 21.1. The Morgan fingerprint density at radius 2 is 1.37 bits per heavy atom. The van der Waals surface area contributed by atoms with Gasteiger partial charge in [-0.05, 0) is 34.4 Å². The van der Waals surface area contributed by atoms with Crippen molar-refractivity contribution in [1.29, 1.82) is 0 Å². The maximum absolute atomic E-state index is 12.2. The minimum absolute atomic E-state index is 0.0862. The predicted molar refractivity (Wildman–Crippen MR) is 98.6 cm³/mol. The third-order valence-electron chi connectivity index (χ3n) is 4.41. The van der Waals surface area contributed by atoms with E-state index >= 15 is 0 Å². The SMILES string of the molecule is O=C(CCCC(=O)C(F)(F)F)c1ccc(-c2ccc3ccccc3c2)cc1. The molecule has 0 aliphatic rings. The first kappa shape index (κ1) is 18.8. The van der Waals surface area contributed by atoms with E-state index in [0.717, 1.165) is 21.9 Å². The number of carbonyl (C=O) groups is 2. The molecule has 0 radical (unpaired) electrons. The molecule has 138 valence electrons. The van der Waals surface area contributed by atoms with Gasteiger partial charge in [0.25, 0.3) is 0 Å². The molecule has 0 unspecified atom stereocenters. The van der Waals surface area contributed by atoms with Crippen LogP contribution in [0.3, 0.4) is 0 Å². The monoisotopic (exact) mass is 370 g/mol. The highest BCUT2D eigenvalue weighted by molar-refractivity contribution is 5.97. The lowest BCUT2D eigenvalue weighted by molar-refractivity contribution is -0.171. The number of alkyl halides is 3. The Labute approximate surface area is 154 Å². The van der Waals surface area contributed by atoms with Crippen molar-refractivity contribution in [2.24, 2.45) is 0 Å². The fourth-order valence-electron chi connectivity index (χ4n) is 2.91. The van der Waals surface area contributed by atoms with E-state index in [9.17, 15) is 22.8 Å². The van der Waals surface area contributed by atoms with Crippen LogP contribution in [0.15, 0.2) is 66.7 Å². The second-order valence-electron chi connectivity index (χ2n) is 6.34. The Hall–Kier alpha value is -2.95. The average molecular weight is 370 g/mol. The van der Waals surface area contributed by atoms with Gasteiger partial charge in [0, 0.05) is 18.4 Å². The molecule has 0 aliphatic carbocycles. The number of halogens is 3. The number of ketones is 2. The third-order valence-corrected chi connectivity index (χ3v) is 4.41. The summed E-state index contributed by atoms with van der Waals surface area (Å²) < 4.78 is 36.5. The Bertz CT molecular complexity index is 973. The molecule has 3 aromatic carbocycles. The molecule has 0 aromatic heterocycles. The summed E-state index contributed by atoms with van der Waals surface area (Å²) in [6.45, 7) is 0. The molecule has 0 saturated carbocycles. The zero-order valence-corrected chi connectivity index (χ0v) is 14.4. The van der Waals surface area contributed by atoms with Crippen LogP contribution in [-0.2, 0) is 4.79 Å². The van der Waals surface area contributed by atoms with E-state index in [-0.39, 0.29) is 18.6 Å². The highest BCUT2D eigenvalue weighted by atomic mass is 19.4. The fraction of sp³-hybridized carbons (Fsp3) is 0.182. The van der Waals surface area contributed by atoms with E-state index in [0.29, 0.717) is 5.56 Å². The van der Waals surface area contributed by atoms with Crippen molar-refractivity contribution in [3.05, 3.63) is 72.3 Å². The Balaban J connectivity index is 1.65. The number of hydrogen-bond acceptors (Lipinski definition) is 2. The third kappa shape index (κ3) is 4.61. The van der Waals surface area contributed by atoms with Gasteiger partial charge in [-0.15, -0.1) is 0 Å². The van der Waals surface area contributed by atoms with Gasteiger partial charge in [-0.2, -0.15) is 13.2 Å². The summed E-state index contributed by atoms with van der Waals surface area (Å²) in [5, 5.41) is 2.26. The lowest BCUT2D eigenvalue weighted by atomic mass is 9.98. The molecule has 3 rings (SSSR count). The molecule has 0 fully saturated rings. The quantitative estimate of drug-likeness (QED) is 0.499. The van der Waals surface area contributed by atoms with Crippen molar-refractivity contribution in [2.45, 2.75) is 25.4 Å². The van der Waals surface area contributed by atoms with E-state index in [1.807, 2.05) is 48.5 Å². The van der Waals surface area contributed by atoms with Crippen LogP contribution in [0, 0.1) is 0 Å². The van der Waals surface area contributed by atoms with Crippen molar-refractivity contribution >= 4 is 22.3 Å². The number of fused-ring (bicyclic) bond motifs is 1. The molecule has 0 amide bonds. The molecule has 2 nitrogen and oxygen atoms in total. The number of Topliss-reactive ketones (excluding diaryl/α,β-unsaturated/α-hetero) is 2. The van der Waals surface area contributed by atoms with Gasteiger partial charge in [-0.1, -0.05) is 60.7 Å². The Morgan fingerprint density at radius 1 is 0.741 bits per heavy atom. The van der Waals surface area contributed by atoms with Crippen molar-refractivity contribution < 1.29 is 22.8 Å². The van der Waals surface area contributed by atoms with Crippen molar-refractivity contribution in [1.82, 2.24) is 0 Å². The van der Waals surface area contributed by atoms with Crippen molar-refractivity contribution in [2.75, 3.05) is 0 Å². The van der Waals surface area contributed by atoms with Crippen molar-refractivity contribution in [3.8, 4) is 11.1 Å². The first-order valence-corrected chi connectivity index (χ1v) is 8.57. The lowest BCUT2D eigenvalue weighted by Crippen LogP contribution is -2.22. The first-order valence-electron chi connectivity index (χ1n) is 8.57. The molecular weight excluding hydrogens is 353 g/mol. The topological polar surface area (TPSA) is 34.1 Å². The van der Waals surface area contributed by atoms with E-state index in [1.165, 1.54) is 0 Å². The van der Waals surface area contributed by atoms with Gasteiger partial charge in [0.2, 0.25) is 5.78 Å². The van der Waals surface area contributed by atoms with E-state index in [2.05, 4.69) is 6.07 Å². The van der Waals surface area contributed by atoms with Crippen molar-refractivity contribution in [3.63, 3.8) is 0 Å². The summed E-state index contributed by atoms with van der Waals surface area (Å²) >= 11 is 0. The number of rotatable bonds is 6. The zero-order valence-electron chi connectivity index (χ0n) is 14.4. The molecule has 0 aliphatic heterocycles. The van der Waals surface area contributed by atoms with Crippen LogP contribution < -0.4 is 0 Å². The number of carbonyl (C=O) groups excluding carboxylic acids is 2. The summed E-state index contributed by atoms with van der Waals surface area (Å²) in [7, 11) is 0. The second kappa shape index (κ2) is 7.74. The highest BCUT2D eigenvalue weighted by Crippen LogP contribution is 2.25. The summed E-state index contributed by atoms with van der Waals surface area (Å²) in [5.41, 5.74) is 2.40. The minimum Gasteiger partial charge on any atom is -0.294 e. The molecule has 3 aromatic rings. The van der Waals surface area contributed by atoms with Crippen LogP contribution in [0.5, 0.6) is 0 Å². The number of hydrogen-bond donors (Lipinski definition) is 0. The normalized spacial score (nSPS) is 11.5. The van der Waals surface area contributed by atoms with Gasteiger partial charge in [-0.3, -0.25) is 9.59 Å². The molecule has 0 atom stereocenters. The molecule has 0 N–H and O–H groups in total. The molecule has 27 heavy (non-hydrogen) atoms. The molecular formula is C22H17F3O2. The standard InChI is InChI=1S/C22H17F3O2/c23-22(24,25)21(27)7-3-6-20(26)17-11-8-16(9-12-17)19-13-10-15-4-1-2-5-18(15)14-19/h1-2,4-5,8-14H,3,6-7H2. The summed E-state index contributed by atoms with van der Waals surface area (Å²) in [4.78, 5) is 22.9. The lowest BCUT2D eigenvalue weighted by Gasteiger charge is -2.07. The van der Waals surface area contributed by atoms with E-state index in [4.69, 9.17) is 0 Å². The van der Waals surface area contributed by atoms with Crippen LogP contribution in [0.1, 0.15) is 29.6 Å². The molecule has 0 saturated heterocycles. The van der Waals surface area contributed by atoms with Gasteiger partial charge in [0.15, 0.2) is 5.78 Å². The zero-order chi connectivity index (χ0) is 19.4. The Morgan fingerprint density at radius 3 is 2.04 bits per heavy atom. The molecule has 0 spiro atoms. The van der Waals surface area contributed by atoms with Gasteiger partial charge in [0.1, 0.15) is 0 Å². The molecule has 5 heteroatoms. The first-order chi connectivity index (χ1) is 12.8. The smallest absolute Gasteiger partial charge is 0.294 e. The summed E-state index contributed by atoms with van der Waals surface area (Å²) in [5.74, 6) is -2.06. The van der Waals surface area contributed by atoms with Crippen LogP contribution in [0.25, 0.3) is 21.9 Å². The Kier molecular flexibility index (Phi) is 5.40. The maximum Gasteiger partial charge on any atom is 0.449 e. The van der Waals surface area contributed by atoms with Gasteiger partial charge >= 0.3 is 6.18 Å². The summed E-state index contributed by atoms with van der Waals surface area (Å²) in [6.07, 6.45) is -5.68. The predicted octanol–water partition coefficient (Wildman–Crippen LogP) is 5.99. The second-order valence-corrected chi connectivity index (χ2v) is 6.34. The van der Waals surface area contributed by atoms with E-state index in [1.54, 1.807) is 12.1 Å². The van der Waals surface area contributed by atoms with E-state index < -0.39 is 18.4 Å². The average Bonchev–Trinajstić information content (AvgIpc) is 2.66. The van der Waals surface area contributed by atoms with Crippen LogP contribution in [0.4, 0.5) is 13.2 Å². The fourth-order valence-corrected chi connectivity index (χ4v) is 2.91. The van der Waals surface area contributed by atoms with Crippen LogP contribution in [-0.4, -0.2) is 17.7 Å². The van der Waals surface area contributed by atoms with Gasteiger partial charge in [0.05, 0.1) is 0 Å². The van der Waals surface area contributed by atoms with Gasteiger partial charge in [-0.25, -0.2) is 0 Å². The minimum atomic E-state index is -4.83. The highest BCUT2D eigenvalue weighted by Gasteiger charge is 2.37. The molecule has 0 heterocycles.